The highest BCUT2D eigenvalue weighted by atomic mass is 19.1. The SMILES string of the molecule is Cc1ccc(C)c(NC(=O)N2CCC[C@@H]2c2cccc(F)c2)c1. The summed E-state index contributed by atoms with van der Waals surface area (Å²) in [5.41, 5.74) is 3.83. The number of nitrogens with one attached hydrogen (secondary N) is 1. The molecule has 3 nitrogen and oxygen atoms in total. The molecule has 1 saturated heterocycles. The van der Waals surface area contributed by atoms with E-state index in [4.69, 9.17) is 0 Å². The largest absolute Gasteiger partial charge is 0.322 e. The molecule has 0 saturated carbocycles. The number of carbonyl (C=O) groups is 1. The van der Waals surface area contributed by atoms with Gasteiger partial charge in [0.05, 0.1) is 6.04 Å². The van der Waals surface area contributed by atoms with Gasteiger partial charge in [-0.3, -0.25) is 0 Å². The number of hydrogen-bond acceptors (Lipinski definition) is 1. The van der Waals surface area contributed by atoms with E-state index in [1.165, 1.54) is 12.1 Å². The van der Waals surface area contributed by atoms with Crippen molar-refractivity contribution < 1.29 is 9.18 Å². The number of urea groups is 1. The van der Waals surface area contributed by atoms with E-state index >= 15 is 0 Å². The zero-order chi connectivity index (χ0) is 16.4. The van der Waals surface area contributed by atoms with Gasteiger partial charge in [0.1, 0.15) is 5.82 Å². The van der Waals surface area contributed by atoms with Gasteiger partial charge in [-0.2, -0.15) is 0 Å². The number of halogens is 1. The monoisotopic (exact) mass is 312 g/mol. The molecule has 1 aliphatic heterocycles. The molecule has 23 heavy (non-hydrogen) atoms. The van der Waals surface area contributed by atoms with Crippen molar-refractivity contribution in [3.8, 4) is 0 Å². The van der Waals surface area contributed by atoms with Crippen LogP contribution in [-0.2, 0) is 0 Å². The van der Waals surface area contributed by atoms with Gasteiger partial charge in [-0.15, -0.1) is 0 Å². The lowest BCUT2D eigenvalue weighted by molar-refractivity contribution is 0.207. The molecular weight excluding hydrogens is 291 g/mol. The van der Waals surface area contributed by atoms with Crippen LogP contribution < -0.4 is 5.32 Å². The first-order chi connectivity index (χ1) is 11.0. The Bertz CT molecular complexity index is 729. The molecule has 3 rings (SSSR count). The lowest BCUT2D eigenvalue weighted by Gasteiger charge is -2.26. The van der Waals surface area contributed by atoms with E-state index in [-0.39, 0.29) is 17.9 Å². The van der Waals surface area contributed by atoms with Crippen LogP contribution in [0.25, 0.3) is 0 Å². The molecule has 0 aliphatic carbocycles. The van der Waals surface area contributed by atoms with E-state index in [2.05, 4.69) is 5.32 Å². The maximum atomic E-state index is 13.5. The molecule has 1 fully saturated rings. The fourth-order valence-corrected chi connectivity index (χ4v) is 3.13. The predicted molar refractivity (Wildman–Crippen MR) is 90.0 cm³/mol. The maximum Gasteiger partial charge on any atom is 0.322 e. The molecular formula is C19H21FN2O. The minimum atomic E-state index is -0.260. The average Bonchev–Trinajstić information content (AvgIpc) is 3.00. The standard InChI is InChI=1S/C19H21FN2O/c1-13-8-9-14(2)17(11-13)21-19(23)22-10-4-7-18(22)15-5-3-6-16(20)12-15/h3,5-6,8-9,11-12,18H,4,7,10H2,1-2H3,(H,21,23)/t18-/m1/s1. The third-order valence-electron chi connectivity index (χ3n) is 4.38. The van der Waals surface area contributed by atoms with Crippen molar-refractivity contribution in [2.45, 2.75) is 32.7 Å². The Morgan fingerprint density at radius 2 is 2.04 bits per heavy atom. The Balaban J connectivity index is 1.79. The van der Waals surface area contributed by atoms with E-state index in [1.807, 2.05) is 38.1 Å². The Labute approximate surface area is 136 Å². The summed E-state index contributed by atoms with van der Waals surface area (Å²) >= 11 is 0. The molecule has 4 heteroatoms. The fourth-order valence-electron chi connectivity index (χ4n) is 3.13. The Hall–Kier alpha value is -2.36. The molecule has 1 N–H and O–H groups in total. The first-order valence-electron chi connectivity index (χ1n) is 7.95. The van der Waals surface area contributed by atoms with Crippen LogP contribution in [0.2, 0.25) is 0 Å². The van der Waals surface area contributed by atoms with Crippen molar-refractivity contribution in [2.75, 3.05) is 11.9 Å². The van der Waals surface area contributed by atoms with E-state index in [9.17, 15) is 9.18 Å². The molecule has 0 radical (unpaired) electrons. The minimum absolute atomic E-state index is 0.0594. The van der Waals surface area contributed by atoms with Gasteiger partial charge in [0, 0.05) is 12.2 Å². The summed E-state index contributed by atoms with van der Waals surface area (Å²) in [7, 11) is 0. The van der Waals surface area contributed by atoms with E-state index in [0.717, 1.165) is 35.2 Å². The zero-order valence-electron chi connectivity index (χ0n) is 13.5. The lowest BCUT2D eigenvalue weighted by atomic mass is 10.0. The zero-order valence-corrected chi connectivity index (χ0v) is 13.5. The molecule has 2 aromatic rings. The Kier molecular flexibility index (Phi) is 4.33. The summed E-state index contributed by atoms with van der Waals surface area (Å²) in [5, 5.41) is 3.00. The lowest BCUT2D eigenvalue weighted by Crippen LogP contribution is -2.34. The van der Waals surface area contributed by atoms with Crippen molar-refractivity contribution in [1.82, 2.24) is 4.90 Å². The third-order valence-corrected chi connectivity index (χ3v) is 4.38. The quantitative estimate of drug-likeness (QED) is 0.848. The van der Waals surface area contributed by atoms with Gasteiger partial charge in [-0.1, -0.05) is 24.3 Å². The highest BCUT2D eigenvalue weighted by Crippen LogP contribution is 2.32. The summed E-state index contributed by atoms with van der Waals surface area (Å²) < 4.78 is 13.5. The number of anilines is 1. The van der Waals surface area contributed by atoms with E-state index in [1.54, 1.807) is 11.0 Å². The van der Waals surface area contributed by atoms with Crippen LogP contribution in [0.15, 0.2) is 42.5 Å². The Morgan fingerprint density at radius 3 is 2.83 bits per heavy atom. The van der Waals surface area contributed by atoms with Crippen LogP contribution in [0.4, 0.5) is 14.9 Å². The van der Waals surface area contributed by atoms with Crippen LogP contribution in [0, 0.1) is 19.7 Å². The van der Waals surface area contributed by atoms with Crippen LogP contribution in [-0.4, -0.2) is 17.5 Å². The maximum absolute atomic E-state index is 13.5. The number of aryl methyl sites for hydroxylation is 2. The second-order valence-electron chi connectivity index (χ2n) is 6.15. The number of amides is 2. The Morgan fingerprint density at radius 1 is 1.22 bits per heavy atom. The van der Waals surface area contributed by atoms with Crippen molar-refractivity contribution in [3.63, 3.8) is 0 Å². The molecule has 2 aromatic carbocycles. The number of likely N-dealkylation sites (tertiary alicyclic amines) is 1. The summed E-state index contributed by atoms with van der Waals surface area (Å²) in [4.78, 5) is 14.5. The highest BCUT2D eigenvalue weighted by Gasteiger charge is 2.30. The first kappa shape index (κ1) is 15.5. The normalized spacial score (nSPS) is 17.3. The molecule has 1 heterocycles. The smallest absolute Gasteiger partial charge is 0.317 e. The molecule has 0 bridgehead atoms. The van der Waals surface area contributed by atoms with Crippen LogP contribution in [0.5, 0.6) is 0 Å². The predicted octanol–water partition coefficient (Wildman–Crippen LogP) is 4.81. The number of hydrogen-bond donors (Lipinski definition) is 1. The summed E-state index contributed by atoms with van der Waals surface area (Å²) in [6.45, 7) is 4.67. The molecule has 0 unspecified atom stereocenters. The van der Waals surface area contributed by atoms with Crippen molar-refractivity contribution in [3.05, 3.63) is 65.0 Å². The number of rotatable bonds is 2. The van der Waals surface area contributed by atoms with Gasteiger partial charge in [-0.05, 0) is 61.6 Å². The topological polar surface area (TPSA) is 32.3 Å². The highest BCUT2D eigenvalue weighted by molar-refractivity contribution is 5.90. The van der Waals surface area contributed by atoms with Crippen LogP contribution in [0.3, 0.4) is 0 Å². The van der Waals surface area contributed by atoms with E-state index < -0.39 is 0 Å². The summed E-state index contributed by atoms with van der Waals surface area (Å²) in [6.07, 6.45) is 1.80. The number of nitrogens with zero attached hydrogens (tertiary/aromatic N) is 1. The van der Waals surface area contributed by atoms with Gasteiger partial charge >= 0.3 is 6.03 Å². The fraction of sp³-hybridized carbons (Fsp3) is 0.316. The van der Waals surface area contributed by atoms with Crippen molar-refractivity contribution in [2.24, 2.45) is 0 Å². The van der Waals surface area contributed by atoms with Gasteiger partial charge in [0.15, 0.2) is 0 Å². The van der Waals surface area contributed by atoms with Gasteiger partial charge < -0.3 is 10.2 Å². The minimum Gasteiger partial charge on any atom is -0.317 e. The van der Waals surface area contributed by atoms with Crippen LogP contribution >= 0.6 is 0 Å². The molecule has 1 aliphatic rings. The second-order valence-corrected chi connectivity index (χ2v) is 6.15. The number of benzene rings is 2. The van der Waals surface area contributed by atoms with Gasteiger partial charge in [-0.25, -0.2) is 9.18 Å². The van der Waals surface area contributed by atoms with Crippen molar-refractivity contribution >= 4 is 11.7 Å². The molecule has 120 valence electrons. The summed E-state index contributed by atoms with van der Waals surface area (Å²) in [5.74, 6) is -0.260. The molecule has 0 aromatic heterocycles. The molecule has 2 amide bonds. The molecule has 1 atom stereocenters. The average molecular weight is 312 g/mol. The summed E-state index contributed by atoms with van der Waals surface area (Å²) in [6, 6.07) is 12.4. The van der Waals surface area contributed by atoms with E-state index in [0.29, 0.717) is 6.54 Å². The third kappa shape index (κ3) is 3.36. The number of carbonyl (C=O) groups excluding carboxylic acids is 1. The first-order valence-corrected chi connectivity index (χ1v) is 7.95. The van der Waals surface area contributed by atoms with Crippen molar-refractivity contribution in [1.29, 1.82) is 0 Å². The second kappa shape index (κ2) is 6.41. The van der Waals surface area contributed by atoms with Crippen LogP contribution in [0.1, 0.15) is 35.6 Å². The molecule has 0 spiro atoms. The van der Waals surface area contributed by atoms with Gasteiger partial charge in [0.25, 0.3) is 0 Å². The van der Waals surface area contributed by atoms with Gasteiger partial charge in [0.2, 0.25) is 0 Å².